The number of alkyl carbamates (subject to hydrolysis) is 2. The van der Waals surface area contributed by atoms with Crippen LogP contribution in [0.15, 0.2) is 121 Å². The van der Waals surface area contributed by atoms with Gasteiger partial charge in [-0.15, -0.1) is 0 Å². The van der Waals surface area contributed by atoms with E-state index in [0.717, 1.165) is 35.0 Å². The van der Waals surface area contributed by atoms with Crippen molar-refractivity contribution in [1.82, 2.24) is 31.9 Å². The number of Topliss-reactive ketones (excluding diaryl/α,β-unsaturated/α-hetero) is 3. The lowest BCUT2D eigenvalue weighted by Gasteiger charge is -2.27. The standard InChI is InChI=1S/C58H60N6O26/c1-30(40(68)43(85-49(71)33-19-11-7-12-20-33)46(53(75)82-4)87-51(73)35-23-15-9-16-24-35)63-38(66)28-60-57(80)89-45(42(70)32(3)62-37(65)27-59-56(78)79)48(55(77)84-6)90-58(81)61-29-39(67)64-31(2)41(69)44(86-50(72)34-21-13-8-14-22-34)47(54(76)83-5)88-52(74)36-25-17-10-18-26-36/h7-26,30-32,43-48,59H,27-29H2,1-6H3,(H,60,80)(H,61,81)(H,62,65)(H,63,66)(H,64,67)(H,78,79)/t30-,31-,32-,43-,44-,45-,46+,47+,48+/m0/s1. The SMILES string of the molecule is COC(=O)[C@H](OC(=O)NCC(=O)N[C@@H](C)C(=O)[C@H](OC(=O)c1ccccc1)[C@@H](OC(=O)c1ccccc1)C(=O)OC)[C@@H](OC(=O)NCC(=O)N[C@@H](C)C(=O)[C@H](OC(=O)c1ccccc1)[C@@H](OC(=O)c1ccccc1)C(=O)OC)C(=O)[C@H](C)NC(=O)CNC(=O)O. The third-order valence-corrected chi connectivity index (χ3v) is 12.0. The van der Waals surface area contributed by atoms with Gasteiger partial charge in [0, 0.05) is 0 Å². The Labute approximate surface area is 510 Å². The zero-order valence-corrected chi connectivity index (χ0v) is 48.5. The summed E-state index contributed by atoms with van der Waals surface area (Å²) in [5, 5.41) is 20.8. The predicted molar refractivity (Wildman–Crippen MR) is 299 cm³/mol. The predicted octanol–water partition coefficient (Wildman–Crippen LogP) is 0.0864. The van der Waals surface area contributed by atoms with Gasteiger partial charge >= 0.3 is 60.1 Å². The molecule has 0 saturated heterocycles. The maximum atomic E-state index is 14.1. The first-order valence-corrected chi connectivity index (χ1v) is 26.4. The highest BCUT2D eigenvalue weighted by Crippen LogP contribution is 2.19. The van der Waals surface area contributed by atoms with E-state index < -0.39 is 170 Å². The van der Waals surface area contributed by atoms with Crippen LogP contribution in [-0.2, 0) is 85.8 Å². The maximum Gasteiger partial charge on any atom is 0.408 e. The van der Waals surface area contributed by atoms with Crippen molar-refractivity contribution in [3.63, 3.8) is 0 Å². The molecular formula is C58H60N6O26. The van der Waals surface area contributed by atoms with Gasteiger partial charge in [0.05, 0.1) is 61.7 Å². The van der Waals surface area contributed by atoms with Gasteiger partial charge in [-0.1, -0.05) is 72.8 Å². The molecule has 7 N–H and O–H groups in total. The smallest absolute Gasteiger partial charge is 0.408 e. The molecule has 6 amide bonds. The van der Waals surface area contributed by atoms with Crippen LogP contribution >= 0.6 is 0 Å². The Hall–Kier alpha value is -11.6. The summed E-state index contributed by atoms with van der Waals surface area (Å²) in [6.07, 6.45) is -19.7. The molecule has 32 heteroatoms. The van der Waals surface area contributed by atoms with Crippen molar-refractivity contribution < 1.29 is 124 Å². The van der Waals surface area contributed by atoms with Crippen LogP contribution in [-0.4, -0.2) is 196 Å². The molecule has 0 fully saturated rings. The summed E-state index contributed by atoms with van der Waals surface area (Å²) in [7, 11) is 2.46. The molecule has 9 atom stereocenters. The number of benzene rings is 4. The minimum Gasteiger partial charge on any atom is -0.466 e. The zero-order valence-electron chi connectivity index (χ0n) is 48.5. The summed E-state index contributed by atoms with van der Waals surface area (Å²) in [6.45, 7) is -0.224. The fourth-order valence-corrected chi connectivity index (χ4v) is 7.49. The number of carboxylic acid groups (broad SMARTS) is 1. The first-order valence-electron chi connectivity index (χ1n) is 26.4. The Kier molecular flexibility index (Phi) is 27.7. The van der Waals surface area contributed by atoms with Gasteiger partial charge in [-0.2, -0.15) is 0 Å². The number of hydrogen-bond donors (Lipinski definition) is 7. The number of carbonyl (C=O) groups is 16. The molecule has 0 aliphatic carbocycles. The largest absolute Gasteiger partial charge is 0.466 e. The number of hydrogen-bond acceptors (Lipinski definition) is 25. The molecular weight excluding hydrogens is 1200 g/mol. The number of ether oxygens (including phenoxy) is 9. The van der Waals surface area contributed by atoms with Gasteiger partial charge in [0.15, 0.2) is 17.3 Å². The minimum absolute atomic E-state index is 0.0977. The highest BCUT2D eigenvalue weighted by Gasteiger charge is 2.47. The van der Waals surface area contributed by atoms with Crippen LogP contribution in [0.2, 0.25) is 0 Å². The van der Waals surface area contributed by atoms with E-state index >= 15 is 0 Å². The number of ketones is 3. The average Bonchev–Trinajstić information content (AvgIpc) is 1.69. The molecule has 0 aliphatic heterocycles. The molecule has 4 aromatic rings. The van der Waals surface area contributed by atoms with E-state index in [1.165, 1.54) is 97.1 Å². The van der Waals surface area contributed by atoms with Gasteiger partial charge in [-0.3, -0.25) is 28.8 Å². The van der Waals surface area contributed by atoms with E-state index in [1.54, 1.807) is 29.6 Å². The lowest BCUT2D eigenvalue weighted by molar-refractivity contribution is -0.162. The summed E-state index contributed by atoms with van der Waals surface area (Å²) in [4.78, 5) is 211. The molecule has 4 aromatic carbocycles. The normalized spacial score (nSPS) is 13.5. The number of rotatable bonds is 31. The Bertz CT molecular complexity index is 3280. The van der Waals surface area contributed by atoms with Crippen LogP contribution in [0.4, 0.5) is 14.4 Å². The first kappa shape index (κ1) is 70.9. The molecule has 90 heavy (non-hydrogen) atoms. The highest BCUT2D eigenvalue weighted by molar-refractivity contribution is 6.03. The summed E-state index contributed by atoms with van der Waals surface area (Å²) in [5.74, 6) is -16.8. The van der Waals surface area contributed by atoms with Crippen LogP contribution < -0.4 is 31.9 Å². The minimum atomic E-state index is -2.66. The molecule has 32 nitrogen and oxygen atoms in total. The van der Waals surface area contributed by atoms with E-state index in [0.29, 0.717) is 7.11 Å². The lowest BCUT2D eigenvalue weighted by Crippen LogP contribution is -2.56. The van der Waals surface area contributed by atoms with Gasteiger partial charge in [0.25, 0.3) is 0 Å². The second-order valence-electron chi connectivity index (χ2n) is 18.4. The molecule has 0 aliphatic rings. The Balaban J connectivity index is 1.53. The van der Waals surface area contributed by atoms with Crippen molar-refractivity contribution in [3.8, 4) is 0 Å². The summed E-state index contributed by atoms with van der Waals surface area (Å²) in [5.41, 5.74) is -0.449. The van der Waals surface area contributed by atoms with Gasteiger partial charge in [0.2, 0.25) is 54.3 Å². The highest BCUT2D eigenvalue weighted by atomic mass is 16.6. The van der Waals surface area contributed by atoms with Gasteiger partial charge in [-0.05, 0) is 69.3 Å². The number of amides is 6. The van der Waals surface area contributed by atoms with Crippen LogP contribution in [0.25, 0.3) is 0 Å². The first-order chi connectivity index (χ1) is 42.8. The molecule has 0 aromatic heterocycles. The number of methoxy groups -OCH3 is 3. The van der Waals surface area contributed by atoms with E-state index in [1.807, 2.05) is 10.6 Å². The van der Waals surface area contributed by atoms with E-state index in [-0.39, 0.29) is 22.3 Å². The monoisotopic (exact) mass is 1260 g/mol. The van der Waals surface area contributed by atoms with E-state index in [9.17, 15) is 76.7 Å². The number of carbonyl (C=O) groups excluding carboxylic acids is 15. The fourth-order valence-electron chi connectivity index (χ4n) is 7.49. The van der Waals surface area contributed by atoms with Gasteiger partial charge in [-0.25, -0.2) is 47.9 Å². The molecule has 0 spiro atoms. The Morgan fingerprint density at radius 2 is 0.556 bits per heavy atom. The van der Waals surface area contributed by atoms with Crippen molar-refractivity contribution in [2.75, 3.05) is 41.0 Å². The average molecular weight is 1260 g/mol. The quantitative estimate of drug-likeness (QED) is 0.0259. The molecule has 0 radical (unpaired) electrons. The summed E-state index contributed by atoms with van der Waals surface area (Å²) < 4.78 is 45.9. The maximum absolute atomic E-state index is 14.1. The van der Waals surface area contributed by atoms with Crippen molar-refractivity contribution in [3.05, 3.63) is 144 Å². The van der Waals surface area contributed by atoms with Gasteiger partial charge in [0.1, 0.15) is 19.6 Å². The summed E-state index contributed by atoms with van der Waals surface area (Å²) >= 11 is 0. The molecule has 478 valence electrons. The van der Waals surface area contributed by atoms with Gasteiger partial charge < -0.3 is 79.6 Å². The topological polar surface area (TPSA) is 449 Å². The molecule has 4 rings (SSSR count). The second kappa shape index (κ2) is 35.1. The molecule has 0 unspecified atom stereocenters. The number of nitrogens with one attached hydrogen (secondary N) is 6. The molecule has 0 bridgehead atoms. The van der Waals surface area contributed by atoms with Crippen molar-refractivity contribution in [2.24, 2.45) is 0 Å². The van der Waals surface area contributed by atoms with Crippen LogP contribution in [0.1, 0.15) is 62.2 Å². The fraction of sp³-hybridized carbons (Fsp3) is 0.310. The van der Waals surface area contributed by atoms with E-state index in [4.69, 9.17) is 43.0 Å². The zero-order chi connectivity index (χ0) is 66.6. The van der Waals surface area contributed by atoms with Crippen LogP contribution in [0.5, 0.6) is 0 Å². The third-order valence-electron chi connectivity index (χ3n) is 12.0. The van der Waals surface area contributed by atoms with E-state index in [2.05, 4.69) is 20.7 Å². The number of esters is 7. The Morgan fingerprint density at radius 3 is 0.811 bits per heavy atom. The molecule has 0 heterocycles. The summed E-state index contributed by atoms with van der Waals surface area (Å²) in [6, 6.07) is 22.8. The van der Waals surface area contributed by atoms with Crippen molar-refractivity contribution in [2.45, 2.75) is 75.5 Å². The second-order valence-corrected chi connectivity index (χ2v) is 18.4. The molecule has 0 saturated carbocycles. The van der Waals surface area contributed by atoms with Crippen LogP contribution in [0, 0.1) is 0 Å². The lowest BCUT2D eigenvalue weighted by atomic mass is 10.0. The Morgan fingerprint density at radius 1 is 0.333 bits per heavy atom. The van der Waals surface area contributed by atoms with Crippen molar-refractivity contribution >= 4 is 95.1 Å². The van der Waals surface area contributed by atoms with Crippen molar-refractivity contribution in [1.29, 1.82) is 0 Å². The third kappa shape index (κ3) is 21.7. The van der Waals surface area contributed by atoms with Crippen LogP contribution in [0.3, 0.4) is 0 Å².